The van der Waals surface area contributed by atoms with E-state index < -0.39 is 0 Å². The fourth-order valence-corrected chi connectivity index (χ4v) is 4.08. The number of fused-ring (bicyclic) bond motifs is 1. The first-order valence-electron chi connectivity index (χ1n) is 6.73. The Hall–Kier alpha value is -1.13. The zero-order chi connectivity index (χ0) is 14.3. The van der Waals surface area contributed by atoms with Gasteiger partial charge in [0.1, 0.15) is 10.7 Å². The highest BCUT2D eigenvalue weighted by molar-refractivity contribution is 7.21. The first-order valence-corrected chi connectivity index (χ1v) is 7.93. The van der Waals surface area contributed by atoms with Gasteiger partial charge in [-0.15, -0.1) is 11.3 Å². The number of halogens is 2. The highest BCUT2D eigenvalue weighted by Crippen LogP contribution is 2.37. The van der Waals surface area contributed by atoms with E-state index in [0.29, 0.717) is 16.2 Å². The van der Waals surface area contributed by atoms with Crippen molar-refractivity contribution < 1.29 is 9.18 Å². The van der Waals surface area contributed by atoms with Crippen LogP contribution in [0.25, 0.3) is 10.1 Å². The van der Waals surface area contributed by atoms with Gasteiger partial charge in [0.15, 0.2) is 0 Å². The van der Waals surface area contributed by atoms with E-state index in [1.165, 1.54) is 17.4 Å². The molecule has 5 heteroatoms. The maximum Gasteiger partial charge on any atom is 0.265 e. The van der Waals surface area contributed by atoms with E-state index in [0.717, 1.165) is 30.6 Å². The normalized spacial score (nSPS) is 16.9. The van der Waals surface area contributed by atoms with Crippen LogP contribution in [0.2, 0.25) is 5.02 Å². The Balaban J connectivity index is 1.96. The molecule has 1 fully saturated rings. The van der Waals surface area contributed by atoms with Crippen molar-refractivity contribution in [3.8, 4) is 0 Å². The molecule has 1 aromatic carbocycles. The smallest absolute Gasteiger partial charge is 0.265 e. The van der Waals surface area contributed by atoms with E-state index in [2.05, 4.69) is 6.92 Å². The van der Waals surface area contributed by atoms with Crippen LogP contribution < -0.4 is 0 Å². The first kappa shape index (κ1) is 13.8. The summed E-state index contributed by atoms with van der Waals surface area (Å²) in [4.78, 5) is 14.8. The molecule has 0 aliphatic carbocycles. The molecule has 0 N–H and O–H groups in total. The summed E-state index contributed by atoms with van der Waals surface area (Å²) in [6, 6.07) is 4.81. The molecule has 3 rings (SSSR count). The predicted octanol–water partition coefficient (Wildman–Crippen LogP) is 4.57. The Morgan fingerprint density at radius 3 is 2.75 bits per heavy atom. The van der Waals surface area contributed by atoms with Gasteiger partial charge in [-0.05, 0) is 30.9 Å². The fourth-order valence-electron chi connectivity index (χ4n) is 2.56. The lowest BCUT2D eigenvalue weighted by Gasteiger charge is -2.30. The summed E-state index contributed by atoms with van der Waals surface area (Å²) in [6.07, 6.45) is 2.03. The van der Waals surface area contributed by atoms with Crippen molar-refractivity contribution in [3.05, 3.63) is 33.9 Å². The topological polar surface area (TPSA) is 20.3 Å². The molecule has 2 aromatic rings. The van der Waals surface area contributed by atoms with Gasteiger partial charge in [-0.2, -0.15) is 0 Å². The van der Waals surface area contributed by atoms with Gasteiger partial charge in [-0.25, -0.2) is 4.39 Å². The highest BCUT2D eigenvalue weighted by atomic mass is 35.5. The highest BCUT2D eigenvalue weighted by Gasteiger charge is 2.26. The van der Waals surface area contributed by atoms with Crippen LogP contribution >= 0.6 is 22.9 Å². The fraction of sp³-hybridized carbons (Fsp3) is 0.400. The number of benzene rings is 1. The summed E-state index contributed by atoms with van der Waals surface area (Å²) in [5, 5.41) is 0.625. The number of likely N-dealkylation sites (tertiary alicyclic amines) is 1. The van der Waals surface area contributed by atoms with Gasteiger partial charge in [0.25, 0.3) is 5.91 Å². The third kappa shape index (κ3) is 2.31. The molecule has 20 heavy (non-hydrogen) atoms. The molecule has 1 aliphatic heterocycles. The molecule has 1 saturated heterocycles. The number of hydrogen-bond acceptors (Lipinski definition) is 2. The van der Waals surface area contributed by atoms with Crippen molar-refractivity contribution in [2.45, 2.75) is 19.8 Å². The number of amides is 1. The number of nitrogens with zero attached hydrogens (tertiary/aromatic N) is 1. The van der Waals surface area contributed by atoms with Crippen LogP contribution in [0.15, 0.2) is 18.2 Å². The SMILES string of the molecule is CC1CCN(C(=O)c2sc3cccc(F)c3c2Cl)CC1. The minimum absolute atomic E-state index is 0.0671. The molecule has 1 amide bonds. The third-order valence-electron chi connectivity index (χ3n) is 3.87. The quantitative estimate of drug-likeness (QED) is 0.755. The molecule has 0 atom stereocenters. The average Bonchev–Trinajstić information content (AvgIpc) is 2.77. The Morgan fingerprint density at radius 1 is 1.40 bits per heavy atom. The molecule has 2 heterocycles. The molecule has 0 unspecified atom stereocenters. The first-order chi connectivity index (χ1) is 9.58. The van der Waals surface area contributed by atoms with E-state index in [-0.39, 0.29) is 16.7 Å². The Morgan fingerprint density at radius 2 is 2.10 bits per heavy atom. The molecule has 106 valence electrons. The molecule has 0 saturated carbocycles. The summed E-state index contributed by atoms with van der Waals surface area (Å²) >= 11 is 7.51. The van der Waals surface area contributed by atoms with Gasteiger partial charge >= 0.3 is 0 Å². The monoisotopic (exact) mass is 311 g/mol. The van der Waals surface area contributed by atoms with Crippen molar-refractivity contribution in [3.63, 3.8) is 0 Å². The van der Waals surface area contributed by atoms with Gasteiger partial charge in [0.2, 0.25) is 0 Å². The van der Waals surface area contributed by atoms with Crippen molar-refractivity contribution in [1.82, 2.24) is 4.90 Å². The van der Waals surface area contributed by atoms with Gasteiger partial charge in [-0.3, -0.25) is 4.79 Å². The average molecular weight is 312 g/mol. The van der Waals surface area contributed by atoms with E-state index in [1.807, 2.05) is 4.90 Å². The summed E-state index contributed by atoms with van der Waals surface area (Å²) in [5.74, 6) is 0.229. The Labute approximate surface area is 126 Å². The Kier molecular flexibility index (Phi) is 3.69. The standard InChI is InChI=1S/C15H15ClFNOS/c1-9-5-7-18(8-6-9)15(19)14-13(16)12-10(17)3-2-4-11(12)20-14/h2-4,9H,5-8H2,1H3. The van der Waals surface area contributed by atoms with Gasteiger partial charge in [-0.1, -0.05) is 24.6 Å². The van der Waals surface area contributed by atoms with E-state index >= 15 is 0 Å². The molecule has 1 aromatic heterocycles. The largest absolute Gasteiger partial charge is 0.338 e. The van der Waals surface area contributed by atoms with Crippen molar-refractivity contribution in [2.75, 3.05) is 13.1 Å². The minimum Gasteiger partial charge on any atom is -0.338 e. The van der Waals surface area contributed by atoms with Gasteiger partial charge < -0.3 is 4.90 Å². The number of thiophene rings is 1. The lowest BCUT2D eigenvalue weighted by molar-refractivity contribution is 0.0702. The zero-order valence-electron chi connectivity index (χ0n) is 11.2. The number of piperidine rings is 1. The van der Waals surface area contributed by atoms with Crippen molar-refractivity contribution in [1.29, 1.82) is 0 Å². The zero-order valence-corrected chi connectivity index (χ0v) is 12.7. The molecule has 1 aliphatic rings. The second kappa shape index (κ2) is 5.34. The predicted molar refractivity (Wildman–Crippen MR) is 81.1 cm³/mol. The molecular formula is C15H15ClFNOS. The molecular weight excluding hydrogens is 297 g/mol. The van der Waals surface area contributed by atoms with Crippen molar-refractivity contribution in [2.24, 2.45) is 5.92 Å². The lowest BCUT2D eigenvalue weighted by Crippen LogP contribution is -2.37. The Bertz CT molecular complexity index is 661. The second-order valence-corrected chi connectivity index (χ2v) is 6.76. The summed E-state index contributed by atoms with van der Waals surface area (Å²) in [5.41, 5.74) is 0. The van der Waals surface area contributed by atoms with E-state index in [1.54, 1.807) is 12.1 Å². The molecule has 0 spiro atoms. The second-order valence-electron chi connectivity index (χ2n) is 5.33. The third-order valence-corrected chi connectivity index (χ3v) is 5.50. The number of carbonyl (C=O) groups excluding carboxylic acids is 1. The van der Waals surface area contributed by atoms with Gasteiger partial charge in [0, 0.05) is 23.2 Å². The number of carbonyl (C=O) groups is 1. The number of hydrogen-bond donors (Lipinski definition) is 0. The lowest BCUT2D eigenvalue weighted by atomic mass is 9.99. The minimum atomic E-state index is -0.366. The van der Waals surface area contributed by atoms with E-state index in [9.17, 15) is 9.18 Å². The molecule has 0 radical (unpaired) electrons. The summed E-state index contributed by atoms with van der Waals surface area (Å²) in [6.45, 7) is 3.71. The summed E-state index contributed by atoms with van der Waals surface area (Å²) < 4.78 is 14.5. The van der Waals surface area contributed by atoms with E-state index in [4.69, 9.17) is 11.6 Å². The van der Waals surface area contributed by atoms with Crippen LogP contribution in [0.5, 0.6) is 0 Å². The van der Waals surface area contributed by atoms with Crippen LogP contribution in [0.1, 0.15) is 29.4 Å². The maximum atomic E-state index is 13.8. The van der Waals surface area contributed by atoms with Gasteiger partial charge in [0.05, 0.1) is 5.02 Å². The molecule has 0 bridgehead atoms. The van der Waals surface area contributed by atoms with Crippen LogP contribution in [0.3, 0.4) is 0 Å². The van der Waals surface area contributed by atoms with Crippen LogP contribution in [-0.2, 0) is 0 Å². The van der Waals surface area contributed by atoms with Crippen molar-refractivity contribution >= 4 is 38.9 Å². The van der Waals surface area contributed by atoms with Crippen LogP contribution in [0.4, 0.5) is 4.39 Å². The molecule has 2 nitrogen and oxygen atoms in total. The van der Waals surface area contributed by atoms with Crippen LogP contribution in [-0.4, -0.2) is 23.9 Å². The maximum absolute atomic E-state index is 13.8. The summed E-state index contributed by atoms with van der Waals surface area (Å²) in [7, 11) is 0. The van der Waals surface area contributed by atoms with Crippen LogP contribution in [0, 0.1) is 11.7 Å². The number of rotatable bonds is 1.